The van der Waals surface area contributed by atoms with E-state index in [0.717, 1.165) is 9.32 Å². The van der Waals surface area contributed by atoms with Gasteiger partial charge < -0.3 is 18.8 Å². The van der Waals surface area contributed by atoms with Crippen molar-refractivity contribution in [3.8, 4) is 5.75 Å². The van der Waals surface area contributed by atoms with Crippen molar-refractivity contribution in [2.75, 3.05) is 26.3 Å². The molecule has 0 saturated heterocycles. The van der Waals surface area contributed by atoms with Crippen LogP contribution in [0.15, 0.2) is 84.9 Å². The predicted molar refractivity (Wildman–Crippen MR) is 171 cm³/mol. The average molecular weight is 660 g/mol. The van der Waals surface area contributed by atoms with Gasteiger partial charge in [-0.15, -0.1) is 0 Å². The average Bonchev–Trinajstić information content (AvgIpc) is 2.88. The van der Waals surface area contributed by atoms with Crippen LogP contribution >= 0.6 is 22.6 Å². The van der Waals surface area contributed by atoms with Crippen LogP contribution in [0.4, 0.5) is 4.79 Å². The third-order valence-corrected chi connectivity index (χ3v) is 12.2. The Morgan fingerprint density at radius 3 is 1.79 bits per heavy atom. The van der Waals surface area contributed by atoms with Crippen LogP contribution in [0.5, 0.6) is 5.75 Å². The zero-order chi connectivity index (χ0) is 28.5. The molecule has 0 aromatic heterocycles. The SMILES string of the molecule is CC(C)(C)OC(=O)N(CCCO[Si](c1ccccc1)(c1ccccc1)C(C)(C)C)CCOc1ccc(I)cc1. The summed E-state index contributed by atoms with van der Waals surface area (Å²) in [6.45, 7) is 14.3. The Labute approximate surface area is 249 Å². The summed E-state index contributed by atoms with van der Waals surface area (Å²) in [5, 5.41) is 2.40. The molecule has 3 aromatic rings. The molecule has 1 amide bonds. The lowest BCUT2D eigenvalue weighted by Gasteiger charge is -2.43. The zero-order valence-corrected chi connectivity index (χ0v) is 27.2. The number of amides is 1. The van der Waals surface area contributed by atoms with Gasteiger partial charge in [-0.1, -0.05) is 81.4 Å². The van der Waals surface area contributed by atoms with Gasteiger partial charge in [0.1, 0.15) is 18.0 Å². The summed E-state index contributed by atoms with van der Waals surface area (Å²) in [6.07, 6.45) is 0.354. The molecule has 39 heavy (non-hydrogen) atoms. The van der Waals surface area contributed by atoms with Crippen molar-refractivity contribution < 1.29 is 18.7 Å². The maximum absolute atomic E-state index is 13.1. The van der Waals surface area contributed by atoms with Crippen LogP contribution in [0, 0.1) is 3.57 Å². The summed E-state index contributed by atoms with van der Waals surface area (Å²) in [4.78, 5) is 14.8. The standard InChI is InChI=1S/C32H42INO4Si/c1-31(2,3)38-30(35)34(23-25-36-27-20-18-26(33)19-21-27)22-13-24-37-39(32(4,5)6,28-14-9-7-10-15-28)29-16-11-8-12-17-29/h7-12,14-21H,13,22-25H2,1-6H3. The molecule has 0 aliphatic heterocycles. The lowest BCUT2D eigenvalue weighted by molar-refractivity contribution is 0.0217. The van der Waals surface area contributed by atoms with Crippen molar-refractivity contribution >= 4 is 47.4 Å². The van der Waals surface area contributed by atoms with Gasteiger partial charge in [-0.05, 0) is 89.5 Å². The highest BCUT2D eigenvalue weighted by Gasteiger charge is 2.50. The van der Waals surface area contributed by atoms with E-state index in [0.29, 0.717) is 32.7 Å². The third-order valence-electron chi connectivity index (χ3n) is 6.40. The van der Waals surface area contributed by atoms with Crippen LogP contribution in [0.1, 0.15) is 48.0 Å². The molecule has 3 rings (SSSR count). The summed E-state index contributed by atoms with van der Waals surface area (Å²) in [5.41, 5.74) is -0.572. The van der Waals surface area contributed by atoms with E-state index in [1.165, 1.54) is 10.4 Å². The Kier molecular flexibility index (Phi) is 11.0. The quantitative estimate of drug-likeness (QED) is 0.128. The van der Waals surface area contributed by atoms with Crippen LogP contribution in [0.25, 0.3) is 0 Å². The van der Waals surface area contributed by atoms with Crippen LogP contribution in [0.2, 0.25) is 5.04 Å². The molecule has 0 unspecified atom stereocenters. The first kappa shape index (κ1) is 31.2. The smallest absolute Gasteiger partial charge is 0.410 e. The summed E-state index contributed by atoms with van der Waals surface area (Å²) >= 11 is 2.27. The first-order valence-electron chi connectivity index (χ1n) is 13.5. The molecule has 0 aliphatic carbocycles. The summed E-state index contributed by atoms with van der Waals surface area (Å²) in [7, 11) is -2.62. The van der Waals surface area contributed by atoms with Gasteiger partial charge in [-0.25, -0.2) is 4.79 Å². The van der Waals surface area contributed by atoms with Crippen molar-refractivity contribution in [2.45, 2.75) is 58.6 Å². The summed E-state index contributed by atoms with van der Waals surface area (Å²) in [6, 6.07) is 29.1. The van der Waals surface area contributed by atoms with Crippen molar-refractivity contribution in [1.82, 2.24) is 4.90 Å². The van der Waals surface area contributed by atoms with Crippen molar-refractivity contribution in [2.24, 2.45) is 0 Å². The summed E-state index contributed by atoms with van der Waals surface area (Å²) < 4.78 is 19.8. The highest BCUT2D eigenvalue weighted by Crippen LogP contribution is 2.36. The number of carbonyl (C=O) groups is 1. The van der Waals surface area contributed by atoms with Gasteiger partial charge in [0.25, 0.3) is 8.32 Å². The van der Waals surface area contributed by atoms with Crippen molar-refractivity contribution in [1.29, 1.82) is 0 Å². The van der Waals surface area contributed by atoms with Gasteiger partial charge in [0.05, 0.1) is 6.54 Å². The largest absolute Gasteiger partial charge is 0.492 e. The van der Waals surface area contributed by atoms with E-state index in [4.69, 9.17) is 13.9 Å². The highest BCUT2D eigenvalue weighted by molar-refractivity contribution is 14.1. The normalized spacial score (nSPS) is 12.2. The van der Waals surface area contributed by atoms with E-state index in [1.54, 1.807) is 4.90 Å². The van der Waals surface area contributed by atoms with Gasteiger partial charge in [-0.3, -0.25) is 0 Å². The maximum Gasteiger partial charge on any atom is 0.410 e. The first-order valence-corrected chi connectivity index (χ1v) is 16.5. The van der Waals surface area contributed by atoms with E-state index < -0.39 is 13.9 Å². The lowest BCUT2D eigenvalue weighted by atomic mass is 10.2. The minimum atomic E-state index is -2.62. The van der Waals surface area contributed by atoms with Gasteiger partial charge in [0.15, 0.2) is 0 Å². The Morgan fingerprint density at radius 2 is 1.31 bits per heavy atom. The van der Waals surface area contributed by atoms with Crippen molar-refractivity contribution in [3.05, 3.63) is 88.5 Å². The predicted octanol–water partition coefficient (Wildman–Crippen LogP) is 6.87. The number of ether oxygens (including phenoxy) is 2. The molecular formula is C32H42INO4Si. The van der Waals surface area contributed by atoms with E-state index in [9.17, 15) is 4.79 Å². The molecule has 210 valence electrons. The molecule has 0 spiro atoms. The topological polar surface area (TPSA) is 48.0 Å². The van der Waals surface area contributed by atoms with Crippen LogP contribution in [-0.2, 0) is 9.16 Å². The van der Waals surface area contributed by atoms with Gasteiger partial charge in [0.2, 0.25) is 0 Å². The van der Waals surface area contributed by atoms with Gasteiger partial charge in [-0.2, -0.15) is 0 Å². The number of benzene rings is 3. The van der Waals surface area contributed by atoms with Crippen molar-refractivity contribution in [3.63, 3.8) is 0 Å². The van der Waals surface area contributed by atoms with E-state index in [1.807, 2.05) is 57.2 Å². The van der Waals surface area contributed by atoms with E-state index in [2.05, 4.69) is 91.9 Å². The number of nitrogens with zero attached hydrogens (tertiary/aromatic N) is 1. The summed E-state index contributed by atoms with van der Waals surface area (Å²) in [5.74, 6) is 0.787. The second-order valence-corrected chi connectivity index (χ2v) is 17.2. The molecule has 0 bridgehead atoms. The Morgan fingerprint density at radius 1 is 0.769 bits per heavy atom. The fourth-order valence-corrected chi connectivity index (χ4v) is 9.63. The lowest BCUT2D eigenvalue weighted by Crippen LogP contribution is -2.66. The number of rotatable bonds is 11. The van der Waals surface area contributed by atoms with E-state index in [-0.39, 0.29) is 11.1 Å². The molecular weight excluding hydrogens is 617 g/mol. The minimum absolute atomic E-state index is 0.0953. The monoisotopic (exact) mass is 659 g/mol. The fourth-order valence-electron chi connectivity index (χ4n) is 4.67. The second kappa shape index (κ2) is 13.8. The number of carbonyl (C=O) groups excluding carboxylic acids is 1. The first-order chi connectivity index (χ1) is 18.4. The molecule has 0 atom stereocenters. The number of hydrogen-bond donors (Lipinski definition) is 0. The van der Waals surface area contributed by atoms with Gasteiger partial charge in [0, 0.05) is 16.7 Å². The highest BCUT2D eigenvalue weighted by atomic mass is 127. The molecule has 7 heteroatoms. The molecule has 0 aliphatic rings. The fraction of sp³-hybridized carbons (Fsp3) is 0.406. The van der Waals surface area contributed by atoms with Crippen LogP contribution in [0.3, 0.4) is 0 Å². The zero-order valence-electron chi connectivity index (χ0n) is 24.1. The Balaban J connectivity index is 1.74. The molecule has 0 radical (unpaired) electrons. The number of halogens is 1. The van der Waals surface area contributed by atoms with Crippen LogP contribution in [-0.4, -0.2) is 51.2 Å². The Hall–Kier alpha value is -2.36. The molecule has 0 saturated carbocycles. The number of hydrogen-bond acceptors (Lipinski definition) is 4. The maximum atomic E-state index is 13.1. The molecule has 0 N–H and O–H groups in total. The van der Waals surface area contributed by atoms with E-state index >= 15 is 0 Å². The molecule has 0 fully saturated rings. The molecule has 0 heterocycles. The minimum Gasteiger partial charge on any atom is -0.492 e. The van der Waals surface area contributed by atoms with Crippen LogP contribution < -0.4 is 15.1 Å². The third kappa shape index (κ3) is 8.81. The van der Waals surface area contributed by atoms with Gasteiger partial charge >= 0.3 is 6.09 Å². The second-order valence-electron chi connectivity index (χ2n) is 11.6. The Bertz CT molecular complexity index is 1120. The molecule has 5 nitrogen and oxygen atoms in total. The molecule has 3 aromatic carbocycles.